The van der Waals surface area contributed by atoms with Crippen LogP contribution < -0.4 is 9.80 Å². The first-order chi connectivity index (χ1) is 10.5. The maximum atomic E-state index is 13.6. The molecule has 0 atom stereocenters. The third-order valence-corrected chi connectivity index (χ3v) is 4.25. The van der Waals surface area contributed by atoms with E-state index in [1.807, 2.05) is 29.0 Å². The summed E-state index contributed by atoms with van der Waals surface area (Å²) in [5.41, 5.74) is 4.86. The highest BCUT2D eigenvalue weighted by Crippen LogP contribution is 2.42. The van der Waals surface area contributed by atoms with Crippen LogP contribution in [-0.4, -0.2) is 26.0 Å². The van der Waals surface area contributed by atoms with Gasteiger partial charge in [0.15, 0.2) is 0 Å². The van der Waals surface area contributed by atoms with Crippen molar-refractivity contribution in [1.29, 1.82) is 0 Å². The molecular formula is C18H19FN2O. The van der Waals surface area contributed by atoms with Gasteiger partial charge in [0, 0.05) is 13.6 Å². The van der Waals surface area contributed by atoms with Crippen LogP contribution in [0.4, 0.5) is 15.8 Å². The normalized spacial score (nSPS) is 17.9. The van der Waals surface area contributed by atoms with Gasteiger partial charge in [0.05, 0.1) is 17.9 Å². The molecule has 2 aliphatic heterocycles. The molecule has 3 nitrogen and oxygen atoms in total. The molecule has 1 amide bonds. The minimum atomic E-state index is -0.283. The van der Waals surface area contributed by atoms with E-state index in [2.05, 4.69) is 6.58 Å². The lowest BCUT2D eigenvalue weighted by molar-refractivity contribution is -0.117. The third kappa shape index (κ3) is 2.25. The van der Waals surface area contributed by atoms with Gasteiger partial charge in [-0.1, -0.05) is 18.7 Å². The van der Waals surface area contributed by atoms with Crippen LogP contribution in [-0.2, 0) is 11.2 Å². The van der Waals surface area contributed by atoms with E-state index in [-0.39, 0.29) is 11.7 Å². The molecule has 0 fully saturated rings. The van der Waals surface area contributed by atoms with Crippen LogP contribution in [0.1, 0.15) is 18.1 Å². The standard InChI is InChI=1S/C18H19FN2O/c1-4-12(9-15(19)5-2)14-8-13-6-7-21-17(22)11-20(3)16(10-14)18(13)21/h4-5,8-10H,1,6-7,11H2,2-3H3/b12-9+,15-5+. The van der Waals surface area contributed by atoms with Crippen LogP contribution in [0, 0.1) is 0 Å². The average molecular weight is 298 g/mol. The Balaban J connectivity index is 2.14. The van der Waals surface area contributed by atoms with Crippen LogP contribution in [0.25, 0.3) is 5.57 Å². The summed E-state index contributed by atoms with van der Waals surface area (Å²) in [7, 11) is 1.91. The number of likely N-dealkylation sites (N-methyl/N-ethyl adjacent to an activating group) is 1. The highest BCUT2D eigenvalue weighted by molar-refractivity contribution is 6.06. The van der Waals surface area contributed by atoms with Crippen molar-refractivity contribution in [1.82, 2.24) is 0 Å². The van der Waals surface area contributed by atoms with Gasteiger partial charge in [-0.15, -0.1) is 0 Å². The van der Waals surface area contributed by atoms with Gasteiger partial charge in [-0.05, 0) is 48.3 Å². The first-order valence-corrected chi connectivity index (χ1v) is 7.40. The summed E-state index contributed by atoms with van der Waals surface area (Å²) in [5, 5.41) is 0. The Labute approximate surface area is 130 Å². The molecule has 0 saturated carbocycles. The molecule has 1 aromatic rings. The van der Waals surface area contributed by atoms with Gasteiger partial charge in [-0.3, -0.25) is 4.79 Å². The summed E-state index contributed by atoms with van der Waals surface area (Å²) in [4.78, 5) is 15.9. The van der Waals surface area contributed by atoms with Gasteiger partial charge in [0.25, 0.3) is 0 Å². The van der Waals surface area contributed by atoms with Crippen molar-refractivity contribution in [3.8, 4) is 0 Å². The number of rotatable bonds is 3. The predicted molar refractivity (Wildman–Crippen MR) is 88.8 cm³/mol. The van der Waals surface area contributed by atoms with E-state index in [1.54, 1.807) is 13.0 Å². The van der Waals surface area contributed by atoms with Crippen LogP contribution in [0.15, 0.2) is 42.8 Å². The van der Waals surface area contributed by atoms with E-state index in [4.69, 9.17) is 0 Å². The molecule has 2 heterocycles. The zero-order valence-corrected chi connectivity index (χ0v) is 12.9. The van der Waals surface area contributed by atoms with Gasteiger partial charge >= 0.3 is 0 Å². The number of hydrogen-bond donors (Lipinski definition) is 0. The maximum Gasteiger partial charge on any atom is 0.246 e. The zero-order valence-electron chi connectivity index (χ0n) is 12.9. The van der Waals surface area contributed by atoms with Gasteiger partial charge in [0.1, 0.15) is 5.83 Å². The van der Waals surface area contributed by atoms with Crippen molar-refractivity contribution >= 4 is 22.9 Å². The number of nitrogens with zero attached hydrogens (tertiary/aromatic N) is 2. The molecular weight excluding hydrogens is 279 g/mol. The van der Waals surface area contributed by atoms with E-state index < -0.39 is 0 Å². The molecule has 0 aliphatic carbocycles. The molecule has 0 aromatic heterocycles. The quantitative estimate of drug-likeness (QED) is 0.798. The topological polar surface area (TPSA) is 23.6 Å². The summed E-state index contributed by atoms with van der Waals surface area (Å²) < 4.78 is 13.6. The second-order valence-corrected chi connectivity index (χ2v) is 5.63. The highest BCUT2D eigenvalue weighted by Gasteiger charge is 2.33. The Hall–Kier alpha value is -2.36. The molecule has 0 saturated heterocycles. The van der Waals surface area contributed by atoms with Crippen LogP contribution in [0.2, 0.25) is 0 Å². The fourth-order valence-corrected chi connectivity index (χ4v) is 3.10. The van der Waals surface area contributed by atoms with E-state index in [1.165, 1.54) is 12.2 Å². The van der Waals surface area contributed by atoms with Crippen molar-refractivity contribution in [3.05, 3.63) is 53.9 Å². The number of benzene rings is 1. The molecule has 3 rings (SSSR count). The lowest BCUT2D eigenvalue weighted by atomic mass is 9.98. The molecule has 114 valence electrons. The second kappa shape index (κ2) is 5.44. The number of carbonyl (C=O) groups excluding carboxylic acids is 1. The van der Waals surface area contributed by atoms with Crippen LogP contribution in [0.3, 0.4) is 0 Å². The first kappa shape index (κ1) is 14.6. The summed E-state index contributed by atoms with van der Waals surface area (Å²) in [6, 6.07) is 4.06. The van der Waals surface area contributed by atoms with Gasteiger partial charge in [0.2, 0.25) is 5.91 Å². The Bertz CT molecular complexity index is 718. The lowest BCUT2D eigenvalue weighted by Crippen LogP contribution is -2.42. The van der Waals surface area contributed by atoms with Crippen molar-refractivity contribution in [2.75, 3.05) is 29.9 Å². The Morgan fingerprint density at radius 2 is 2.18 bits per heavy atom. The second-order valence-electron chi connectivity index (χ2n) is 5.63. The Morgan fingerprint density at radius 3 is 2.86 bits per heavy atom. The SMILES string of the molecule is C=C/C(=C\C(F)=C/C)c1cc2c3c(c1)N(C)CC(=O)N3CC2. The van der Waals surface area contributed by atoms with Crippen LogP contribution >= 0.6 is 0 Å². The van der Waals surface area contributed by atoms with Gasteiger partial charge in [-0.2, -0.15) is 0 Å². The van der Waals surface area contributed by atoms with E-state index in [0.717, 1.165) is 41.0 Å². The van der Waals surface area contributed by atoms with Crippen molar-refractivity contribution in [2.24, 2.45) is 0 Å². The molecule has 1 aromatic carbocycles. The first-order valence-electron chi connectivity index (χ1n) is 7.40. The molecule has 4 heteroatoms. The Morgan fingerprint density at radius 1 is 1.41 bits per heavy atom. The van der Waals surface area contributed by atoms with Gasteiger partial charge < -0.3 is 9.80 Å². The van der Waals surface area contributed by atoms with Crippen LogP contribution in [0.5, 0.6) is 0 Å². The predicted octanol–water partition coefficient (Wildman–Crippen LogP) is 3.47. The smallest absolute Gasteiger partial charge is 0.246 e. The lowest BCUT2D eigenvalue weighted by Gasteiger charge is -2.33. The fourth-order valence-electron chi connectivity index (χ4n) is 3.10. The van der Waals surface area contributed by atoms with Crippen molar-refractivity contribution in [3.63, 3.8) is 0 Å². The molecule has 22 heavy (non-hydrogen) atoms. The highest BCUT2D eigenvalue weighted by atomic mass is 19.1. The fraction of sp³-hybridized carbons (Fsp3) is 0.278. The number of amides is 1. The maximum absolute atomic E-state index is 13.6. The summed E-state index contributed by atoms with van der Waals surface area (Å²) in [5.74, 6) is -0.143. The summed E-state index contributed by atoms with van der Waals surface area (Å²) in [6.45, 7) is 6.57. The third-order valence-electron chi connectivity index (χ3n) is 4.25. The molecule has 0 unspecified atom stereocenters. The molecule has 2 aliphatic rings. The average Bonchev–Trinajstić information content (AvgIpc) is 2.94. The Kier molecular flexibility index (Phi) is 3.61. The van der Waals surface area contributed by atoms with E-state index >= 15 is 0 Å². The summed E-state index contributed by atoms with van der Waals surface area (Å²) in [6.07, 6.45) is 5.42. The number of hydrogen-bond acceptors (Lipinski definition) is 2. The minimum absolute atomic E-state index is 0.140. The van der Waals surface area contributed by atoms with Crippen molar-refractivity contribution in [2.45, 2.75) is 13.3 Å². The molecule has 0 N–H and O–H groups in total. The van der Waals surface area contributed by atoms with E-state index in [0.29, 0.717) is 6.54 Å². The zero-order chi connectivity index (χ0) is 15.9. The number of carbonyl (C=O) groups is 1. The molecule has 0 bridgehead atoms. The molecule has 0 radical (unpaired) electrons. The van der Waals surface area contributed by atoms with Crippen molar-refractivity contribution < 1.29 is 9.18 Å². The van der Waals surface area contributed by atoms with Gasteiger partial charge in [-0.25, -0.2) is 4.39 Å². The minimum Gasteiger partial charge on any atom is -0.364 e. The molecule has 0 spiro atoms. The number of allylic oxidation sites excluding steroid dienone is 5. The number of anilines is 2. The largest absolute Gasteiger partial charge is 0.364 e. The number of halogens is 1. The monoisotopic (exact) mass is 298 g/mol. The van der Waals surface area contributed by atoms with E-state index in [9.17, 15) is 9.18 Å². The summed E-state index contributed by atoms with van der Waals surface area (Å²) >= 11 is 0.